The molecule has 0 bridgehead atoms. The fourth-order valence-electron chi connectivity index (χ4n) is 3.74. The number of nitrogens with zero attached hydrogens (tertiary/aromatic N) is 5. The second-order valence-corrected chi connectivity index (χ2v) is 7.60. The molecule has 2 aromatic rings. The zero-order chi connectivity index (χ0) is 17.6. The smallest absolute Gasteiger partial charge is 0.114 e. The van der Waals surface area contributed by atoms with Gasteiger partial charge in [0, 0.05) is 18.8 Å². The van der Waals surface area contributed by atoms with Gasteiger partial charge in [0.2, 0.25) is 0 Å². The molecule has 0 aromatic carbocycles. The Hall–Kier alpha value is -1.82. The molecule has 0 aliphatic heterocycles. The molecule has 6 heteroatoms. The van der Waals surface area contributed by atoms with Crippen LogP contribution in [0.15, 0.2) is 22.8 Å². The first-order valence-corrected chi connectivity index (χ1v) is 10.0. The van der Waals surface area contributed by atoms with Crippen LogP contribution in [0.3, 0.4) is 0 Å². The minimum Gasteiger partial charge on any atom is -0.296 e. The van der Waals surface area contributed by atoms with Crippen LogP contribution in [0.1, 0.15) is 67.8 Å². The Morgan fingerprint density at radius 1 is 1.32 bits per heavy atom. The Balaban J connectivity index is 1.97. The normalized spacial score (nSPS) is 18.6. The van der Waals surface area contributed by atoms with E-state index in [2.05, 4.69) is 38.1 Å². The Labute approximate surface area is 153 Å². The quantitative estimate of drug-likeness (QED) is 0.575. The van der Waals surface area contributed by atoms with Gasteiger partial charge in [0.25, 0.3) is 0 Å². The molecule has 1 atom stereocenters. The molecular formula is C19H27N5S. The zero-order valence-electron chi connectivity index (χ0n) is 15.4. The maximum atomic E-state index is 4.51. The number of aromatic nitrogens is 4. The number of hydrogen-bond donors (Lipinski definition) is 0. The van der Waals surface area contributed by atoms with E-state index in [1.807, 2.05) is 24.7 Å². The molecule has 3 rings (SSSR count). The van der Waals surface area contributed by atoms with Crippen LogP contribution >= 0.6 is 11.3 Å². The van der Waals surface area contributed by atoms with Crippen molar-refractivity contribution in [2.45, 2.75) is 58.4 Å². The van der Waals surface area contributed by atoms with Crippen molar-refractivity contribution < 1.29 is 0 Å². The highest BCUT2D eigenvalue weighted by Crippen LogP contribution is 2.38. The minimum absolute atomic E-state index is 0.239. The molecule has 5 nitrogen and oxygen atoms in total. The molecule has 2 aromatic heterocycles. The van der Waals surface area contributed by atoms with Crippen molar-refractivity contribution in [3.63, 3.8) is 0 Å². The third-order valence-corrected chi connectivity index (χ3v) is 6.07. The third-order valence-electron chi connectivity index (χ3n) is 5.07. The summed E-state index contributed by atoms with van der Waals surface area (Å²) in [5, 5.41) is 8.94. The lowest BCUT2D eigenvalue weighted by molar-refractivity contribution is 0.316. The van der Waals surface area contributed by atoms with E-state index in [9.17, 15) is 0 Å². The van der Waals surface area contributed by atoms with Crippen LogP contribution < -0.4 is 0 Å². The first-order valence-electron chi connectivity index (χ1n) is 9.15. The lowest BCUT2D eigenvalue weighted by Crippen LogP contribution is -2.21. The van der Waals surface area contributed by atoms with Crippen LogP contribution in [-0.2, 0) is 0 Å². The summed E-state index contributed by atoms with van der Waals surface area (Å²) in [5.41, 5.74) is 4.97. The van der Waals surface area contributed by atoms with Crippen molar-refractivity contribution in [3.05, 3.63) is 34.0 Å². The van der Waals surface area contributed by atoms with Crippen molar-refractivity contribution >= 4 is 23.1 Å². The summed E-state index contributed by atoms with van der Waals surface area (Å²) in [5.74, 6) is 0.602. The van der Waals surface area contributed by atoms with Crippen molar-refractivity contribution in [2.24, 2.45) is 10.9 Å². The van der Waals surface area contributed by atoms with Crippen LogP contribution in [0.2, 0.25) is 0 Å². The van der Waals surface area contributed by atoms with Crippen LogP contribution in [0, 0.1) is 12.8 Å². The zero-order valence-corrected chi connectivity index (χ0v) is 16.2. The van der Waals surface area contributed by atoms with Gasteiger partial charge in [-0.1, -0.05) is 37.0 Å². The summed E-state index contributed by atoms with van der Waals surface area (Å²) in [6.07, 6.45) is 13.8. The van der Waals surface area contributed by atoms with Gasteiger partial charge >= 0.3 is 0 Å². The lowest BCUT2D eigenvalue weighted by Gasteiger charge is -2.25. The van der Waals surface area contributed by atoms with Gasteiger partial charge in [0.15, 0.2) is 0 Å². The average Bonchev–Trinajstić information content (AvgIpc) is 3.17. The average molecular weight is 358 g/mol. The molecule has 2 heterocycles. The minimum atomic E-state index is 0.239. The monoisotopic (exact) mass is 357 g/mol. The molecule has 1 aliphatic carbocycles. The van der Waals surface area contributed by atoms with Crippen LogP contribution in [-0.4, -0.2) is 33.2 Å². The standard InChI is InChI=1S/C19H27N5S/c1-4-15(11-20-3)17-12-24(23-22-17)18(19-14(2)21-13-25-19)16-9-7-5-6-8-10-16/h4,11-13,16,18H,5-10H2,1-3H3/b15-4+,20-11?. The highest BCUT2D eigenvalue weighted by Gasteiger charge is 2.29. The van der Waals surface area contributed by atoms with E-state index < -0.39 is 0 Å². The summed E-state index contributed by atoms with van der Waals surface area (Å²) in [7, 11) is 1.78. The summed E-state index contributed by atoms with van der Waals surface area (Å²) in [6, 6.07) is 0.239. The molecule has 0 saturated heterocycles. The van der Waals surface area contributed by atoms with E-state index in [1.54, 1.807) is 18.4 Å². The largest absolute Gasteiger partial charge is 0.296 e. The van der Waals surface area contributed by atoms with E-state index in [0.29, 0.717) is 5.92 Å². The molecule has 1 unspecified atom stereocenters. The molecule has 1 fully saturated rings. The van der Waals surface area contributed by atoms with Gasteiger partial charge in [-0.25, -0.2) is 9.67 Å². The van der Waals surface area contributed by atoms with Gasteiger partial charge < -0.3 is 0 Å². The predicted octanol–water partition coefficient (Wildman–Crippen LogP) is 4.71. The molecule has 0 amide bonds. The topological polar surface area (TPSA) is 56.0 Å². The first kappa shape index (κ1) is 18.0. The van der Waals surface area contributed by atoms with Crippen molar-refractivity contribution in [1.29, 1.82) is 0 Å². The molecular weight excluding hydrogens is 330 g/mol. The number of thiazole rings is 1. The second-order valence-electron chi connectivity index (χ2n) is 6.71. The summed E-state index contributed by atoms with van der Waals surface area (Å²) in [4.78, 5) is 9.95. The predicted molar refractivity (Wildman–Crippen MR) is 104 cm³/mol. The van der Waals surface area contributed by atoms with Crippen LogP contribution in [0.5, 0.6) is 0 Å². The van der Waals surface area contributed by atoms with Crippen LogP contribution in [0.4, 0.5) is 0 Å². The highest BCUT2D eigenvalue weighted by atomic mass is 32.1. The van der Waals surface area contributed by atoms with E-state index in [-0.39, 0.29) is 6.04 Å². The number of allylic oxidation sites excluding steroid dienone is 2. The number of aliphatic imine (C=N–C) groups is 1. The van der Waals surface area contributed by atoms with E-state index in [0.717, 1.165) is 17.0 Å². The fraction of sp³-hybridized carbons (Fsp3) is 0.579. The molecule has 134 valence electrons. The maximum absolute atomic E-state index is 4.51. The Morgan fingerprint density at radius 2 is 2.08 bits per heavy atom. The Kier molecular flexibility index (Phi) is 6.13. The first-order chi connectivity index (χ1) is 12.2. The van der Waals surface area contributed by atoms with Gasteiger partial charge in [0.1, 0.15) is 5.69 Å². The van der Waals surface area contributed by atoms with Gasteiger partial charge in [-0.3, -0.25) is 4.99 Å². The van der Waals surface area contributed by atoms with Gasteiger partial charge in [-0.05, 0) is 32.6 Å². The fourth-order valence-corrected chi connectivity index (χ4v) is 4.73. The van der Waals surface area contributed by atoms with Gasteiger partial charge in [-0.15, -0.1) is 16.4 Å². The van der Waals surface area contributed by atoms with Gasteiger partial charge in [-0.2, -0.15) is 0 Å². The summed E-state index contributed by atoms with van der Waals surface area (Å²) >= 11 is 1.75. The third kappa shape index (κ3) is 4.06. The molecule has 1 aliphatic rings. The summed E-state index contributed by atoms with van der Waals surface area (Å²) < 4.78 is 2.07. The molecule has 0 N–H and O–H groups in total. The van der Waals surface area contributed by atoms with Crippen molar-refractivity contribution in [1.82, 2.24) is 20.0 Å². The van der Waals surface area contributed by atoms with Crippen molar-refractivity contribution in [3.8, 4) is 0 Å². The molecule has 0 spiro atoms. The number of aryl methyl sites for hydroxylation is 1. The van der Waals surface area contributed by atoms with E-state index >= 15 is 0 Å². The lowest BCUT2D eigenvalue weighted by atomic mass is 9.90. The molecule has 1 saturated carbocycles. The Bertz CT molecular complexity index is 735. The number of hydrogen-bond acceptors (Lipinski definition) is 5. The second kappa shape index (κ2) is 8.52. The molecule has 25 heavy (non-hydrogen) atoms. The highest BCUT2D eigenvalue weighted by molar-refractivity contribution is 7.09. The molecule has 0 radical (unpaired) electrons. The van der Waals surface area contributed by atoms with E-state index in [4.69, 9.17) is 0 Å². The van der Waals surface area contributed by atoms with Gasteiger partial charge in [0.05, 0.1) is 28.3 Å². The van der Waals surface area contributed by atoms with E-state index in [1.165, 1.54) is 43.4 Å². The SMILES string of the molecule is C/C=C(\C=NC)c1cn(C(c2scnc2C)C2CCCCCC2)nn1. The van der Waals surface area contributed by atoms with Crippen molar-refractivity contribution in [2.75, 3.05) is 7.05 Å². The number of rotatable bonds is 5. The van der Waals surface area contributed by atoms with Crippen LogP contribution in [0.25, 0.3) is 5.57 Å². The maximum Gasteiger partial charge on any atom is 0.114 e. The summed E-state index contributed by atoms with van der Waals surface area (Å²) in [6.45, 7) is 4.11. The Morgan fingerprint density at radius 3 is 2.68 bits per heavy atom.